The van der Waals surface area contributed by atoms with Crippen molar-refractivity contribution in [2.24, 2.45) is 0 Å². The molecule has 0 bridgehead atoms. The van der Waals surface area contributed by atoms with Crippen molar-refractivity contribution in [3.05, 3.63) is 53.6 Å². The highest BCUT2D eigenvalue weighted by atomic mass is 16.5. The summed E-state index contributed by atoms with van der Waals surface area (Å²) in [5, 5.41) is 2.87. The third-order valence-electron chi connectivity index (χ3n) is 4.38. The van der Waals surface area contributed by atoms with Crippen LogP contribution in [-0.2, 0) is 17.6 Å². The molecule has 2 aromatic rings. The number of anilines is 1. The number of rotatable bonds is 5. The van der Waals surface area contributed by atoms with Crippen LogP contribution in [0.4, 0.5) is 5.69 Å². The van der Waals surface area contributed by atoms with Gasteiger partial charge in [0.25, 0.3) is 5.91 Å². The van der Waals surface area contributed by atoms with Gasteiger partial charge in [0.2, 0.25) is 0 Å². The third-order valence-corrected chi connectivity index (χ3v) is 4.38. The minimum atomic E-state index is -0.555. The fourth-order valence-electron chi connectivity index (χ4n) is 3.02. The van der Waals surface area contributed by atoms with E-state index in [0.717, 1.165) is 30.0 Å². The monoisotopic (exact) mass is 325 g/mol. The highest BCUT2D eigenvalue weighted by Gasteiger charge is 2.19. The molecule has 0 radical (unpaired) electrons. The van der Waals surface area contributed by atoms with Gasteiger partial charge in [0.05, 0.1) is 7.11 Å². The van der Waals surface area contributed by atoms with E-state index in [1.54, 1.807) is 14.0 Å². The number of carbonyl (C=O) groups excluding carboxylic acids is 1. The fourth-order valence-corrected chi connectivity index (χ4v) is 3.02. The number of fused-ring (bicyclic) bond motifs is 1. The molecule has 4 nitrogen and oxygen atoms in total. The SMILES string of the molecule is COc1ccc(NC(=O)[C@@H](C)Oc2cccc3c2CCCC3)cc1. The van der Waals surface area contributed by atoms with E-state index in [4.69, 9.17) is 9.47 Å². The molecule has 1 aliphatic rings. The van der Waals surface area contributed by atoms with Gasteiger partial charge in [-0.25, -0.2) is 0 Å². The fraction of sp³-hybridized carbons (Fsp3) is 0.350. The number of benzene rings is 2. The summed E-state index contributed by atoms with van der Waals surface area (Å²) in [6, 6.07) is 13.4. The Balaban J connectivity index is 1.66. The number of aryl methyl sites for hydroxylation is 1. The summed E-state index contributed by atoms with van der Waals surface area (Å²) < 4.78 is 11.1. The summed E-state index contributed by atoms with van der Waals surface area (Å²) in [5.74, 6) is 1.44. The van der Waals surface area contributed by atoms with E-state index >= 15 is 0 Å². The van der Waals surface area contributed by atoms with Crippen molar-refractivity contribution in [3.63, 3.8) is 0 Å². The summed E-state index contributed by atoms with van der Waals surface area (Å²) >= 11 is 0. The van der Waals surface area contributed by atoms with Gasteiger partial charge in [0, 0.05) is 5.69 Å². The molecule has 24 heavy (non-hydrogen) atoms. The van der Waals surface area contributed by atoms with Crippen LogP contribution in [-0.4, -0.2) is 19.1 Å². The zero-order valence-corrected chi connectivity index (χ0v) is 14.2. The zero-order valence-electron chi connectivity index (χ0n) is 14.2. The molecule has 0 aromatic heterocycles. The van der Waals surface area contributed by atoms with Crippen LogP contribution in [0.25, 0.3) is 0 Å². The van der Waals surface area contributed by atoms with Crippen LogP contribution in [0.2, 0.25) is 0 Å². The summed E-state index contributed by atoms with van der Waals surface area (Å²) in [7, 11) is 1.62. The predicted octanol–water partition coefficient (Wildman–Crippen LogP) is 3.98. The van der Waals surface area contributed by atoms with Crippen molar-refractivity contribution in [3.8, 4) is 11.5 Å². The van der Waals surface area contributed by atoms with Crippen LogP contribution in [0, 0.1) is 0 Å². The lowest BCUT2D eigenvalue weighted by Crippen LogP contribution is -2.30. The molecule has 1 aliphatic carbocycles. The molecule has 0 unspecified atom stereocenters. The molecule has 0 saturated carbocycles. The molecule has 0 aliphatic heterocycles. The molecule has 2 aromatic carbocycles. The first-order chi connectivity index (χ1) is 11.7. The maximum absolute atomic E-state index is 12.4. The van der Waals surface area contributed by atoms with E-state index in [1.165, 1.54) is 24.0 Å². The van der Waals surface area contributed by atoms with Crippen LogP contribution in [0.5, 0.6) is 11.5 Å². The first kappa shape index (κ1) is 16.4. The average molecular weight is 325 g/mol. The summed E-state index contributed by atoms with van der Waals surface area (Å²) in [4.78, 5) is 12.4. The molecule has 4 heteroatoms. The first-order valence-electron chi connectivity index (χ1n) is 8.39. The van der Waals surface area contributed by atoms with E-state index in [-0.39, 0.29) is 5.91 Å². The van der Waals surface area contributed by atoms with Crippen LogP contribution < -0.4 is 14.8 Å². The van der Waals surface area contributed by atoms with Crippen LogP contribution in [0.15, 0.2) is 42.5 Å². The molecule has 1 N–H and O–H groups in total. The van der Waals surface area contributed by atoms with E-state index in [1.807, 2.05) is 36.4 Å². The lowest BCUT2D eigenvalue weighted by atomic mass is 9.91. The van der Waals surface area contributed by atoms with Gasteiger partial charge in [-0.1, -0.05) is 12.1 Å². The highest BCUT2D eigenvalue weighted by molar-refractivity contribution is 5.94. The second-order valence-electron chi connectivity index (χ2n) is 6.08. The Morgan fingerprint density at radius 2 is 1.83 bits per heavy atom. The van der Waals surface area contributed by atoms with Gasteiger partial charge in [0.15, 0.2) is 6.10 Å². The topological polar surface area (TPSA) is 47.6 Å². The summed E-state index contributed by atoms with van der Waals surface area (Å²) in [6.45, 7) is 1.78. The second kappa shape index (κ2) is 7.39. The molecule has 3 rings (SSSR count). The molecule has 1 atom stereocenters. The van der Waals surface area contributed by atoms with E-state index in [9.17, 15) is 4.79 Å². The van der Waals surface area contributed by atoms with Crippen LogP contribution in [0.3, 0.4) is 0 Å². The number of hydrogen-bond acceptors (Lipinski definition) is 3. The van der Waals surface area contributed by atoms with Gasteiger partial charge < -0.3 is 14.8 Å². The molecule has 0 spiro atoms. The molecular weight excluding hydrogens is 302 g/mol. The molecular formula is C20H23NO3. The second-order valence-corrected chi connectivity index (χ2v) is 6.08. The maximum Gasteiger partial charge on any atom is 0.265 e. The number of hydrogen-bond donors (Lipinski definition) is 1. The van der Waals surface area contributed by atoms with Crippen molar-refractivity contribution < 1.29 is 14.3 Å². The summed E-state index contributed by atoms with van der Waals surface area (Å²) in [5.41, 5.74) is 3.33. The van der Waals surface area contributed by atoms with E-state index in [2.05, 4.69) is 11.4 Å². The van der Waals surface area contributed by atoms with Gasteiger partial charge in [-0.15, -0.1) is 0 Å². The number of nitrogens with one attached hydrogen (secondary N) is 1. The molecule has 0 heterocycles. The number of methoxy groups -OCH3 is 1. The smallest absolute Gasteiger partial charge is 0.265 e. The van der Waals surface area contributed by atoms with E-state index in [0.29, 0.717) is 0 Å². The minimum Gasteiger partial charge on any atom is -0.497 e. The molecule has 0 saturated heterocycles. The Hall–Kier alpha value is -2.49. The Morgan fingerprint density at radius 1 is 1.08 bits per heavy atom. The predicted molar refractivity (Wildman–Crippen MR) is 94.8 cm³/mol. The third kappa shape index (κ3) is 3.70. The van der Waals surface area contributed by atoms with Gasteiger partial charge in [-0.2, -0.15) is 0 Å². The number of amides is 1. The lowest BCUT2D eigenvalue weighted by Gasteiger charge is -2.22. The van der Waals surface area contributed by atoms with Crippen molar-refractivity contribution in [1.82, 2.24) is 0 Å². The lowest BCUT2D eigenvalue weighted by molar-refractivity contribution is -0.122. The molecule has 126 valence electrons. The highest BCUT2D eigenvalue weighted by Crippen LogP contribution is 2.30. The van der Waals surface area contributed by atoms with Crippen molar-refractivity contribution in [2.75, 3.05) is 12.4 Å². The van der Waals surface area contributed by atoms with Gasteiger partial charge >= 0.3 is 0 Å². The van der Waals surface area contributed by atoms with Crippen LogP contribution in [0.1, 0.15) is 30.9 Å². The van der Waals surface area contributed by atoms with Crippen LogP contribution >= 0.6 is 0 Å². The quantitative estimate of drug-likeness (QED) is 0.904. The van der Waals surface area contributed by atoms with E-state index < -0.39 is 6.10 Å². The van der Waals surface area contributed by atoms with Crippen molar-refractivity contribution >= 4 is 11.6 Å². The molecule has 1 amide bonds. The van der Waals surface area contributed by atoms with Crippen molar-refractivity contribution in [2.45, 2.75) is 38.7 Å². The van der Waals surface area contributed by atoms with Gasteiger partial charge in [-0.05, 0) is 74.1 Å². The average Bonchev–Trinajstić information content (AvgIpc) is 2.62. The summed E-state index contributed by atoms with van der Waals surface area (Å²) in [6.07, 6.45) is 3.97. The Kier molecular flexibility index (Phi) is 5.04. The van der Waals surface area contributed by atoms with Gasteiger partial charge in [0.1, 0.15) is 11.5 Å². The number of carbonyl (C=O) groups is 1. The maximum atomic E-state index is 12.4. The largest absolute Gasteiger partial charge is 0.497 e. The Bertz CT molecular complexity index is 709. The minimum absolute atomic E-state index is 0.159. The van der Waals surface area contributed by atoms with Crippen molar-refractivity contribution in [1.29, 1.82) is 0 Å². The standard InChI is InChI=1S/C20H23NO3/c1-14(20(22)21-16-10-12-17(23-2)13-11-16)24-19-9-5-7-15-6-3-4-8-18(15)19/h5,7,9-14H,3-4,6,8H2,1-2H3,(H,21,22)/t14-/m1/s1. The normalized spacial score (nSPS) is 14.4. The Labute approximate surface area is 142 Å². The van der Waals surface area contributed by atoms with Gasteiger partial charge in [-0.3, -0.25) is 4.79 Å². The molecule has 0 fully saturated rings. The Morgan fingerprint density at radius 3 is 2.58 bits per heavy atom. The number of ether oxygens (including phenoxy) is 2. The zero-order chi connectivity index (χ0) is 16.9. The first-order valence-corrected chi connectivity index (χ1v) is 8.39.